The van der Waals surface area contributed by atoms with Gasteiger partial charge in [-0.2, -0.15) is 0 Å². The van der Waals surface area contributed by atoms with Gasteiger partial charge in [-0.15, -0.1) is 0 Å². The lowest BCUT2D eigenvalue weighted by Gasteiger charge is -2.39. The molecule has 0 saturated carbocycles. The summed E-state index contributed by atoms with van der Waals surface area (Å²) in [7, 11) is 0. The smallest absolute Gasteiger partial charge is 0.132 e. The molecule has 2 nitrogen and oxygen atoms in total. The van der Waals surface area contributed by atoms with Crippen molar-refractivity contribution in [2.24, 2.45) is 0 Å². The van der Waals surface area contributed by atoms with E-state index in [1.165, 1.54) is 55.6 Å². The van der Waals surface area contributed by atoms with E-state index < -0.39 is 5.41 Å². The zero-order valence-electron chi connectivity index (χ0n) is 27.9. The van der Waals surface area contributed by atoms with Gasteiger partial charge >= 0.3 is 0 Å². The zero-order valence-corrected chi connectivity index (χ0v) is 27.9. The number of para-hydroxylation sites is 3. The second-order valence-electron chi connectivity index (χ2n) is 13.2. The topological polar surface area (TPSA) is 12.5 Å². The summed E-state index contributed by atoms with van der Waals surface area (Å²) < 4.78 is 6.54. The van der Waals surface area contributed by atoms with Gasteiger partial charge in [0.15, 0.2) is 0 Å². The minimum absolute atomic E-state index is 0.485. The maximum absolute atomic E-state index is 6.54. The molecule has 1 spiro atoms. The zero-order chi connectivity index (χ0) is 33.8. The number of ether oxygens (including phenoxy) is 1. The van der Waals surface area contributed by atoms with E-state index in [2.05, 4.69) is 205 Å². The van der Waals surface area contributed by atoms with E-state index >= 15 is 0 Å². The lowest BCUT2D eigenvalue weighted by atomic mass is 9.66. The summed E-state index contributed by atoms with van der Waals surface area (Å²) in [6.07, 6.45) is 0. The van der Waals surface area contributed by atoms with Crippen molar-refractivity contribution in [2.45, 2.75) is 5.41 Å². The number of rotatable bonds is 5. The van der Waals surface area contributed by atoms with E-state index in [1.807, 2.05) is 0 Å². The first-order valence-corrected chi connectivity index (χ1v) is 17.5. The SMILES string of the molecule is c1ccc(-c2ccccc2-c2ccc(N(c3ccccc3)c3ccc4c(c3)-c3ccccc3C43c4ccccc4Oc4ccccc43)cc2)cc1. The Kier molecular flexibility index (Phi) is 6.75. The highest BCUT2D eigenvalue weighted by Gasteiger charge is 2.51. The molecule has 8 aromatic carbocycles. The first kappa shape index (κ1) is 29.3. The predicted molar refractivity (Wildman–Crippen MR) is 209 cm³/mol. The Morgan fingerprint density at radius 1 is 0.314 bits per heavy atom. The molecule has 1 aliphatic carbocycles. The van der Waals surface area contributed by atoms with Crippen molar-refractivity contribution in [3.8, 4) is 44.9 Å². The quantitative estimate of drug-likeness (QED) is 0.184. The largest absolute Gasteiger partial charge is 0.457 e. The van der Waals surface area contributed by atoms with Crippen molar-refractivity contribution in [2.75, 3.05) is 4.90 Å². The Morgan fingerprint density at radius 3 is 1.41 bits per heavy atom. The van der Waals surface area contributed by atoms with Gasteiger partial charge in [-0.1, -0.05) is 152 Å². The van der Waals surface area contributed by atoms with Crippen molar-refractivity contribution in [3.05, 3.63) is 222 Å². The molecule has 0 fully saturated rings. The van der Waals surface area contributed by atoms with Gasteiger partial charge in [-0.25, -0.2) is 0 Å². The van der Waals surface area contributed by atoms with Crippen LogP contribution in [-0.2, 0) is 5.41 Å². The summed E-state index contributed by atoms with van der Waals surface area (Å²) in [5.41, 5.74) is 15.1. The summed E-state index contributed by atoms with van der Waals surface area (Å²) in [6, 6.07) is 71.9. The van der Waals surface area contributed by atoms with E-state index in [1.54, 1.807) is 0 Å². The third kappa shape index (κ3) is 4.50. The maximum atomic E-state index is 6.54. The summed E-state index contributed by atoms with van der Waals surface area (Å²) in [5, 5.41) is 0. The Hall–Kier alpha value is -6.64. The van der Waals surface area contributed by atoms with Gasteiger partial charge in [0.25, 0.3) is 0 Å². The molecule has 51 heavy (non-hydrogen) atoms. The summed E-state index contributed by atoms with van der Waals surface area (Å²) in [6.45, 7) is 0. The van der Waals surface area contributed by atoms with Crippen molar-refractivity contribution in [1.82, 2.24) is 0 Å². The second-order valence-corrected chi connectivity index (χ2v) is 13.2. The molecule has 0 radical (unpaired) electrons. The van der Waals surface area contributed by atoms with E-state index in [-0.39, 0.29) is 0 Å². The van der Waals surface area contributed by atoms with Crippen LogP contribution < -0.4 is 9.64 Å². The van der Waals surface area contributed by atoms with Gasteiger partial charge in [-0.3, -0.25) is 0 Å². The molecule has 0 bridgehead atoms. The minimum atomic E-state index is -0.485. The number of hydrogen-bond donors (Lipinski definition) is 0. The van der Waals surface area contributed by atoms with Crippen molar-refractivity contribution < 1.29 is 4.74 Å². The minimum Gasteiger partial charge on any atom is -0.457 e. The normalized spacial score (nSPS) is 13.0. The Labute approximate surface area is 298 Å². The number of hydrogen-bond acceptors (Lipinski definition) is 2. The van der Waals surface area contributed by atoms with Crippen LogP contribution in [0.5, 0.6) is 11.5 Å². The van der Waals surface area contributed by atoms with Crippen molar-refractivity contribution >= 4 is 17.1 Å². The fraction of sp³-hybridized carbons (Fsp3) is 0.0204. The van der Waals surface area contributed by atoms with Crippen LogP contribution >= 0.6 is 0 Å². The molecule has 1 heterocycles. The highest BCUT2D eigenvalue weighted by Crippen LogP contribution is 2.62. The van der Waals surface area contributed by atoms with E-state index in [4.69, 9.17) is 4.74 Å². The predicted octanol–water partition coefficient (Wildman–Crippen LogP) is 13.0. The molecular weight excluding hydrogens is 619 g/mol. The summed E-state index contributed by atoms with van der Waals surface area (Å²) >= 11 is 0. The van der Waals surface area contributed by atoms with Gasteiger partial charge < -0.3 is 9.64 Å². The highest BCUT2D eigenvalue weighted by molar-refractivity contribution is 5.92. The number of benzene rings is 8. The fourth-order valence-electron chi connectivity index (χ4n) is 8.40. The standard InChI is InChI=1S/C49H33NO/c1-3-15-34(16-4-1)39-19-7-8-20-40(39)35-27-29-37(30-28-35)50(36-17-5-2-6-18-36)38-31-32-44-42(33-38)41-21-9-10-22-43(41)49(44)45-23-11-13-25-47(45)51-48-26-14-12-24-46(48)49/h1-33H. The molecule has 0 unspecified atom stereocenters. The van der Waals surface area contributed by atoms with E-state index in [9.17, 15) is 0 Å². The lowest BCUT2D eigenvalue weighted by molar-refractivity contribution is 0.436. The molecule has 2 heteroatoms. The van der Waals surface area contributed by atoms with Crippen LogP contribution in [0.2, 0.25) is 0 Å². The molecule has 8 aromatic rings. The molecule has 240 valence electrons. The summed E-state index contributed by atoms with van der Waals surface area (Å²) in [5.74, 6) is 1.81. The van der Waals surface area contributed by atoms with Gasteiger partial charge in [0.1, 0.15) is 11.5 Å². The highest BCUT2D eigenvalue weighted by atomic mass is 16.5. The van der Waals surface area contributed by atoms with Gasteiger partial charge in [0.05, 0.1) is 5.41 Å². The Bertz CT molecular complexity index is 2510. The fourth-order valence-corrected chi connectivity index (χ4v) is 8.40. The first-order chi connectivity index (χ1) is 25.3. The third-order valence-corrected chi connectivity index (χ3v) is 10.6. The van der Waals surface area contributed by atoms with Crippen molar-refractivity contribution in [1.29, 1.82) is 0 Å². The molecule has 1 aliphatic heterocycles. The molecule has 0 amide bonds. The van der Waals surface area contributed by atoms with Crippen LogP contribution in [0.15, 0.2) is 200 Å². The molecular formula is C49H33NO. The average molecular weight is 652 g/mol. The Morgan fingerprint density at radius 2 is 0.765 bits per heavy atom. The molecule has 0 N–H and O–H groups in total. The van der Waals surface area contributed by atoms with Crippen LogP contribution in [0.1, 0.15) is 22.3 Å². The van der Waals surface area contributed by atoms with Crippen LogP contribution in [0.25, 0.3) is 33.4 Å². The molecule has 0 aromatic heterocycles. The van der Waals surface area contributed by atoms with Gasteiger partial charge in [0.2, 0.25) is 0 Å². The molecule has 10 rings (SSSR count). The second kappa shape index (κ2) is 11.8. The van der Waals surface area contributed by atoms with E-state index in [0.717, 1.165) is 28.6 Å². The number of anilines is 3. The number of fused-ring (bicyclic) bond motifs is 9. The monoisotopic (exact) mass is 651 g/mol. The molecule has 2 aliphatic rings. The van der Waals surface area contributed by atoms with E-state index in [0.29, 0.717) is 0 Å². The third-order valence-electron chi connectivity index (χ3n) is 10.6. The first-order valence-electron chi connectivity index (χ1n) is 17.5. The molecule has 0 saturated heterocycles. The maximum Gasteiger partial charge on any atom is 0.132 e. The summed E-state index contributed by atoms with van der Waals surface area (Å²) in [4.78, 5) is 2.37. The number of nitrogens with zero attached hydrogens (tertiary/aromatic N) is 1. The molecule has 0 atom stereocenters. The Balaban J connectivity index is 1.14. The van der Waals surface area contributed by atoms with Gasteiger partial charge in [-0.05, 0) is 93.0 Å². The van der Waals surface area contributed by atoms with Crippen LogP contribution in [0.3, 0.4) is 0 Å². The average Bonchev–Trinajstić information content (AvgIpc) is 3.49. The van der Waals surface area contributed by atoms with Crippen LogP contribution in [0, 0.1) is 0 Å². The van der Waals surface area contributed by atoms with Crippen LogP contribution in [-0.4, -0.2) is 0 Å². The lowest BCUT2D eigenvalue weighted by Crippen LogP contribution is -2.32. The van der Waals surface area contributed by atoms with Crippen molar-refractivity contribution in [3.63, 3.8) is 0 Å². The van der Waals surface area contributed by atoms with Gasteiger partial charge in [0, 0.05) is 28.2 Å². The van der Waals surface area contributed by atoms with Crippen LogP contribution in [0.4, 0.5) is 17.1 Å².